The van der Waals surface area contributed by atoms with Crippen LogP contribution in [0.25, 0.3) is 0 Å². The molecule has 2 rings (SSSR count). The minimum Gasteiger partial charge on any atom is -0.497 e. The highest BCUT2D eigenvalue weighted by molar-refractivity contribution is 6.35. The molecule has 0 heterocycles. The third-order valence-corrected chi connectivity index (χ3v) is 4.07. The molecule has 2 atom stereocenters. The number of aliphatic hydroxyl groups excluding tert-OH is 1. The average Bonchev–Trinajstić information content (AvgIpc) is 2.61. The Bertz CT molecular complexity index is 722. The van der Waals surface area contributed by atoms with Crippen LogP contribution in [0, 0.1) is 0 Å². The molecule has 0 bridgehead atoms. The second-order valence-corrected chi connectivity index (χ2v) is 6.21. The summed E-state index contributed by atoms with van der Waals surface area (Å²) in [6.45, 7) is 1.66. The van der Waals surface area contributed by atoms with Crippen LogP contribution in [-0.4, -0.2) is 30.8 Å². The minimum atomic E-state index is -0.832. The summed E-state index contributed by atoms with van der Waals surface area (Å²) in [6, 6.07) is 11.7. The molecule has 0 aliphatic rings. The molecule has 134 valence electrons. The Hall–Kier alpha value is -1.95. The fraction of sp³-hybridized carbons (Fsp3) is 0.278. The molecule has 5 nitrogen and oxygen atoms in total. The quantitative estimate of drug-likeness (QED) is 0.765. The number of carbonyl (C=O) groups excluding carboxylic acids is 1. The summed E-state index contributed by atoms with van der Waals surface area (Å²) in [6.07, 6.45) is -1.61. The van der Waals surface area contributed by atoms with E-state index in [1.165, 1.54) is 6.07 Å². The Morgan fingerprint density at radius 1 is 1.20 bits per heavy atom. The van der Waals surface area contributed by atoms with Gasteiger partial charge in [-0.3, -0.25) is 4.79 Å². The van der Waals surface area contributed by atoms with Crippen LogP contribution in [0.3, 0.4) is 0 Å². The lowest BCUT2D eigenvalue weighted by Gasteiger charge is -2.17. The fourth-order valence-corrected chi connectivity index (χ4v) is 2.55. The summed E-state index contributed by atoms with van der Waals surface area (Å²) < 4.78 is 10.6. The van der Waals surface area contributed by atoms with Gasteiger partial charge in [0.15, 0.2) is 6.10 Å². The number of amides is 1. The minimum absolute atomic E-state index is 0.0627. The summed E-state index contributed by atoms with van der Waals surface area (Å²) >= 11 is 11.8. The van der Waals surface area contributed by atoms with E-state index in [9.17, 15) is 9.90 Å². The molecule has 0 saturated heterocycles. The molecule has 2 aromatic rings. The predicted octanol–water partition coefficient (Wildman–Crippen LogP) is 3.62. The summed E-state index contributed by atoms with van der Waals surface area (Å²) in [5.41, 5.74) is 0.676. The predicted molar refractivity (Wildman–Crippen MR) is 97.5 cm³/mol. The molecule has 2 aromatic carbocycles. The fourth-order valence-electron chi connectivity index (χ4n) is 2.10. The number of halogens is 2. The Kier molecular flexibility index (Phi) is 6.93. The first-order valence-corrected chi connectivity index (χ1v) is 8.37. The molecule has 2 N–H and O–H groups in total. The van der Waals surface area contributed by atoms with Crippen LogP contribution < -0.4 is 14.8 Å². The van der Waals surface area contributed by atoms with Crippen molar-refractivity contribution >= 4 is 29.1 Å². The Balaban J connectivity index is 1.87. The van der Waals surface area contributed by atoms with Gasteiger partial charge in [-0.15, -0.1) is 0 Å². The number of methoxy groups -OCH3 is 1. The van der Waals surface area contributed by atoms with Crippen molar-refractivity contribution in [3.8, 4) is 11.5 Å². The van der Waals surface area contributed by atoms with Gasteiger partial charge in [0.05, 0.1) is 18.2 Å². The zero-order chi connectivity index (χ0) is 18.4. The summed E-state index contributed by atoms with van der Waals surface area (Å²) in [7, 11) is 1.57. The van der Waals surface area contributed by atoms with Crippen LogP contribution >= 0.6 is 23.2 Å². The van der Waals surface area contributed by atoms with Gasteiger partial charge in [-0.2, -0.15) is 0 Å². The van der Waals surface area contributed by atoms with Gasteiger partial charge in [0.2, 0.25) is 0 Å². The zero-order valence-corrected chi connectivity index (χ0v) is 15.3. The van der Waals surface area contributed by atoms with Crippen LogP contribution in [-0.2, 0) is 4.79 Å². The van der Waals surface area contributed by atoms with Crippen molar-refractivity contribution in [1.82, 2.24) is 5.32 Å². The number of hydrogen-bond acceptors (Lipinski definition) is 4. The number of carbonyl (C=O) groups is 1. The number of hydrogen-bond donors (Lipinski definition) is 2. The molecule has 0 saturated carbocycles. The summed E-state index contributed by atoms with van der Waals surface area (Å²) in [5, 5.41) is 13.6. The SMILES string of the molecule is COc1ccc(C(O)CNC(=O)C(C)Oc2ccc(Cl)cc2Cl)cc1. The Labute approximate surface area is 156 Å². The molecule has 0 radical (unpaired) electrons. The lowest BCUT2D eigenvalue weighted by molar-refractivity contribution is -0.127. The van der Waals surface area contributed by atoms with E-state index in [4.69, 9.17) is 32.7 Å². The molecular formula is C18H19Cl2NO4. The smallest absolute Gasteiger partial charge is 0.260 e. The van der Waals surface area contributed by atoms with E-state index in [0.717, 1.165) is 0 Å². The van der Waals surface area contributed by atoms with Crippen LogP contribution in [0.5, 0.6) is 11.5 Å². The largest absolute Gasteiger partial charge is 0.497 e. The molecule has 0 aliphatic heterocycles. The van der Waals surface area contributed by atoms with Gasteiger partial charge in [-0.1, -0.05) is 35.3 Å². The van der Waals surface area contributed by atoms with Gasteiger partial charge in [0.1, 0.15) is 11.5 Å². The summed E-state index contributed by atoms with van der Waals surface area (Å²) in [4.78, 5) is 12.1. The first kappa shape index (κ1) is 19.4. The number of benzene rings is 2. The molecule has 0 spiro atoms. The first-order chi connectivity index (χ1) is 11.9. The van der Waals surface area contributed by atoms with E-state index in [1.54, 1.807) is 50.4 Å². The standard InChI is InChI=1S/C18H19Cl2NO4/c1-11(25-17-8-5-13(19)9-15(17)20)18(23)21-10-16(22)12-3-6-14(24-2)7-4-12/h3-9,11,16,22H,10H2,1-2H3,(H,21,23). The van der Waals surface area contributed by atoms with Crippen LogP contribution in [0.4, 0.5) is 0 Å². The van der Waals surface area contributed by atoms with Gasteiger partial charge in [-0.25, -0.2) is 0 Å². The van der Waals surface area contributed by atoms with E-state index in [0.29, 0.717) is 27.1 Å². The number of rotatable bonds is 7. The van der Waals surface area contributed by atoms with Crippen molar-refractivity contribution in [3.63, 3.8) is 0 Å². The normalized spacial score (nSPS) is 13.0. The zero-order valence-electron chi connectivity index (χ0n) is 13.8. The van der Waals surface area contributed by atoms with Crippen LogP contribution in [0.2, 0.25) is 10.0 Å². The second-order valence-electron chi connectivity index (χ2n) is 5.37. The molecule has 0 aromatic heterocycles. The van der Waals surface area contributed by atoms with Gasteiger partial charge in [0, 0.05) is 11.6 Å². The number of aliphatic hydroxyl groups is 1. The monoisotopic (exact) mass is 383 g/mol. The number of ether oxygens (including phenoxy) is 2. The highest BCUT2D eigenvalue weighted by atomic mass is 35.5. The lowest BCUT2D eigenvalue weighted by atomic mass is 10.1. The van der Waals surface area contributed by atoms with Crippen LogP contribution in [0.1, 0.15) is 18.6 Å². The molecule has 25 heavy (non-hydrogen) atoms. The molecular weight excluding hydrogens is 365 g/mol. The van der Waals surface area contributed by atoms with E-state index in [-0.39, 0.29) is 12.5 Å². The van der Waals surface area contributed by atoms with Gasteiger partial charge >= 0.3 is 0 Å². The highest BCUT2D eigenvalue weighted by Crippen LogP contribution is 2.28. The van der Waals surface area contributed by atoms with Crippen molar-refractivity contribution in [3.05, 3.63) is 58.1 Å². The topological polar surface area (TPSA) is 67.8 Å². The molecule has 0 fully saturated rings. The van der Waals surface area contributed by atoms with Crippen LogP contribution in [0.15, 0.2) is 42.5 Å². The van der Waals surface area contributed by atoms with Crippen molar-refractivity contribution < 1.29 is 19.4 Å². The van der Waals surface area contributed by atoms with Crippen molar-refractivity contribution in [2.75, 3.05) is 13.7 Å². The van der Waals surface area contributed by atoms with Gasteiger partial charge in [-0.05, 0) is 42.8 Å². The van der Waals surface area contributed by atoms with Gasteiger partial charge in [0.25, 0.3) is 5.91 Å². The molecule has 0 aliphatic carbocycles. The second kappa shape index (κ2) is 8.94. The third-order valence-electron chi connectivity index (χ3n) is 3.54. The van der Waals surface area contributed by atoms with E-state index < -0.39 is 12.2 Å². The average molecular weight is 384 g/mol. The van der Waals surface area contributed by atoms with E-state index in [1.807, 2.05) is 0 Å². The first-order valence-electron chi connectivity index (χ1n) is 7.62. The van der Waals surface area contributed by atoms with Crippen molar-refractivity contribution in [1.29, 1.82) is 0 Å². The Morgan fingerprint density at radius 2 is 1.88 bits per heavy atom. The maximum absolute atomic E-state index is 12.1. The Morgan fingerprint density at radius 3 is 2.48 bits per heavy atom. The third kappa shape index (κ3) is 5.53. The molecule has 1 amide bonds. The van der Waals surface area contributed by atoms with Crippen molar-refractivity contribution in [2.24, 2.45) is 0 Å². The van der Waals surface area contributed by atoms with E-state index >= 15 is 0 Å². The molecule has 2 unspecified atom stereocenters. The lowest BCUT2D eigenvalue weighted by Crippen LogP contribution is -2.38. The molecule has 7 heteroatoms. The van der Waals surface area contributed by atoms with Gasteiger partial charge < -0.3 is 19.9 Å². The maximum atomic E-state index is 12.1. The van der Waals surface area contributed by atoms with Crippen molar-refractivity contribution in [2.45, 2.75) is 19.1 Å². The maximum Gasteiger partial charge on any atom is 0.260 e. The number of nitrogens with one attached hydrogen (secondary N) is 1. The van der Waals surface area contributed by atoms with E-state index in [2.05, 4.69) is 5.32 Å². The summed E-state index contributed by atoms with van der Waals surface area (Å²) in [5.74, 6) is 0.699. The highest BCUT2D eigenvalue weighted by Gasteiger charge is 2.18.